The van der Waals surface area contributed by atoms with Crippen molar-refractivity contribution in [1.82, 2.24) is 5.32 Å². The van der Waals surface area contributed by atoms with Crippen LogP contribution in [0, 0.1) is 5.92 Å². The molecule has 5 heteroatoms. The van der Waals surface area contributed by atoms with Gasteiger partial charge in [-0.05, 0) is 44.7 Å². The molecule has 2 unspecified atom stereocenters. The first-order valence-corrected chi connectivity index (χ1v) is 8.32. The molecule has 1 aromatic rings. The lowest BCUT2D eigenvalue weighted by atomic mass is 9.74. The van der Waals surface area contributed by atoms with Crippen molar-refractivity contribution >= 4 is 18.3 Å². The number of halogens is 1. The molecule has 3 N–H and O–H groups in total. The number of carbonyl (C=O) groups excluding carboxylic acids is 1. The highest BCUT2D eigenvalue weighted by Gasteiger charge is 2.37. The molecule has 1 amide bonds. The van der Waals surface area contributed by atoms with Gasteiger partial charge in [-0.15, -0.1) is 12.4 Å². The van der Waals surface area contributed by atoms with E-state index < -0.39 is 0 Å². The van der Waals surface area contributed by atoms with Gasteiger partial charge in [0.15, 0.2) is 0 Å². The summed E-state index contributed by atoms with van der Waals surface area (Å²) >= 11 is 0. The van der Waals surface area contributed by atoms with Crippen LogP contribution in [0.3, 0.4) is 0 Å². The minimum Gasteiger partial charge on any atom is -0.494 e. The summed E-state index contributed by atoms with van der Waals surface area (Å²) in [5, 5.41) is 3.05. The van der Waals surface area contributed by atoms with Gasteiger partial charge in [-0.2, -0.15) is 0 Å². The number of hydrogen-bond acceptors (Lipinski definition) is 3. The monoisotopic (exact) mass is 340 g/mol. The highest BCUT2D eigenvalue weighted by atomic mass is 35.5. The van der Waals surface area contributed by atoms with E-state index in [2.05, 4.69) is 5.32 Å². The smallest absolute Gasteiger partial charge is 0.224 e. The zero-order chi connectivity index (χ0) is 16.0. The Morgan fingerprint density at radius 2 is 2.13 bits per heavy atom. The summed E-state index contributed by atoms with van der Waals surface area (Å²) in [5.74, 6) is 0.933. The van der Waals surface area contributed by atoms with E-state index >= 15 is 0 Å². The summed E-state index contributed by atoms with van der Waals surface area (Å²) in [6, 6.07) is 7.98. The molecule has 0 heterocycles. The van der Waals surface area contributed by atoms with Gasteiger partial charge in [0.1, 0.15) is 5.75 Å². The van der Waals surface area contributed by atoms with Crippen LogP contribution in [-0.2, 0) is 11.2 Å². The molecule has 0 bridgehead atoms. The van der Waals surface area contributed by atoms with Gasteiger partial charge in [0, 0.05) is 12.1 Å². The fourth-order valence-corrected chi connectivity index (χ4v) is 3.24. The summed E-state index contributed by atoms with van der Waals surface area (Å²) in [5.41, 5.74) is 7.05. The third kappa shape index (κ3) is 5.40. The number of para-hydroxylation sites is 1. The average Bonchev–Trinajstić information content (AvgIpc) is 2.48. The second-order valence-electron chi connectivity index (χ2n) is 6.39. The van der Waals surface area contributed by atoms with Crippen LogP contribution in [0.4, 0.5) is 0 Å². The predicted molar refractivity (Wildman–Crippen MR) is 96.1 cm³/mol. The molecule has 0 aromatic heterocycles. The van der Waals surface area contributed by atoms with E-state index in [9.17, 15) is 4.79 Å². The van der Waals surface area contributed by atoms with Crippen LogP contribution in [-0.4, -0.2) is 24.6 Å². The summed E-state index contributed by atoms with van der Waals surface area (Å²) in [6.07, 6.45) is 4.82. The molecule has 1 aliphatic carbocycles. The maximum atomic E-state index is 12.4. The first-order chi connectivity index (χ1) is 10.5. The molecule has 2 rings (SSSR count). The molecule has 1 fully saturated rings. The Kier molecular flexibility index (Phi) is 7.86. The number of nitrogens with one attached hydrogen (secondary N) is 1. The SMILES string of the molecule is CCOc1ccccc1CCNC(=O)C1CCCCC1(C)N.Cl. The number of ether oxygens (including phenoxy) is 1. The molecule has 1 saturated carbocycles. The number of hydrogen-bond donors (Lipinski definition) is 2. The topological polar surface area (TPSA) is 64.3 Å². The molecule has 2 atom stereocenters. The lowest BCUT2D eigenvalue weighted by Gasteiger charge is -2.37. The number of rotatable bonds is 6. The van der Waals surface area contributed by atoms with Crippen LogP contribution in [0.1, 0.15) is 45.1 Å². The Labute approximate surface area is 145 Å². The van der Waals surface area contributed by atoms with Crippen molar-refractivity contribution in [3.8, 4) is 5.75 Å². The van der Waals surface area contributed by atoms with Gasteiger partial charge in [-0.1, -0.05) is 31.0 Å². The molecule has 0 saturated heterocycles. The van der Waals surface area contributed by atoms with E-state index in [1.54, 1.807) is 0 Å². The third-order valence-electron chi connectivity index (χ3n) is 4.54. The first-order valence-electron chi connectivity index (χ1n) is 8.32. The molecular weight excluding hydrogens is 312 g/mol. The highest BCUT2D eigenvalue weighted by molar-refractivity contribution is 5.85. The fourth-order valence-electron chi connectivity index (χ4n) is 3.24. The molecule has 0 spiro atoms. The van der Waals surface area contributed by atoms with Crippen molar-refractivity contribution in [3.63, 3.8) is 0 Å². The fraction of sp³-hybridized carbons (Fsp3) is 0.611. The third-order valence-corrected chi connectivity index (χ3v) is 4.54. The van der Waals surface area contributed by atoms with Crippen LogP contribution in [0.5, 0.6) is 5.75 Å². The summed E-state index contributed by atoms with van der Waals surface area (Å²) in [6.45, 7) is 5.25. The zero-order valence-electron chi connectivity index (χ0n) is 14.1. The van der Waals surface area contributed by atoms with E-state index in [-0.39, 0.29) is 29.8 Å². The standard InChI is InChI=1S/C18H28N2O2.ClH/c1-3-22-16-10-5-4-8-14(16)11-13-20-17(21)15-9-6-7-12-18(15,2)19;/h4-5,8,10,15H,3,6-7,9,11-13,19H2,1-2H3,(H,20,21);1H. The van der Waals surface area contributed by atoms with Gasteiger partial charge in [0.2, 0.25) is 5.91 Å². The lowest BCUT2D eigenvalue weighted by molar-refractivity contribution is -0.128. The van der Waals surface area contributed by atoms with E-state index in [4.69, 9.17) is 10.5 Å². The molecule has 130 valence electrons. The lowest BCUT2D eigenvalue weighted by Crippen LogP contribution is -2.53. The van der Waals surface area contributed by atoms with Crippen LogP contribution >= 0.6 is 12.4 Å². The number of benzene rings is 1. The molecule has 1 aromatic carbocycles. The first kappa shape index (κ1) is 19.8. The van der Waals surface area contributed by atoms with Gasteiger partial charge in [0.05, 0.1) is 12.5 Å². The number of amides is 1. The maximum absolute atomic E-state index is 12.4. The summed E-state index contributed by atoms with van der Waals surface area (Å²) in [4.78, 5) is 12.4. The number of nitrogens with two attached hydrogens (primary N) is 1. The van der Waals surface area contributed by atoms with Crippen LogP contribution < -0.4 is 15.8 Å². The summed E-state index contributed by atoms with van der Waals surface area (Å²) < 4.78 is 5.61. The molecular formula is C18H29ClN2O2. The normalized spacial score (nSPS) is 23.7. The van der Waals surface area contributed by atoms with Gasteiger partial charge < -0.3 is 15.8 Å². The largest absolute Gasteiger partial charge is 0.494 e. The maximum Gasteiger partial charge on any atom is 0.224 e. The highest BCUT2D eigenvalue weighted by Crippen LogP contribution is 2.31. The molecule has 4 nitrogen and oxygen atoms in total. The Bertz CT molecular complexity index is 506. The van der Waals surface area contributed by atoms with Crippen LogP contribution in [0.2, 0.25) is 0 Å². The van der Waals surface area contributed by atoms with Crippen LogP contribution in [0.25, 0.3) is 0 Å². The Morgan fingerprint density at radius 3 is 2.83 bits per heavy atom. The molecule has 0 radical (unpaired) electrons. The molecule has 1 aliphatic rings. The van der Waals surface area contributed by atoms with Crippen molar-refractivity contribution in [2.75, 3.05) is 13.2 Å². The van der Waals surface area contributed by atoms with Gasteiger partial charge in [0.25, 0.3) is 0 Å². The Hall–Kier alpha value is -1.26. The van der Waals surface area contributed by atoms with Crippen molar-refractivity contribution in [2.45, 2.75) is 51.5 Å². The van der Waals surface area contributed by atoms with Gasteiger partial charge >= 0.3 is 0 Å². The van der Waals surface area contributed by atoms with Gasteiger partial charge in [-0.3, -0.25) is 4.79 Å². The predicted octanol–water partition coefficient (Wildman–Crippen LogP) is 3.07. The Balaban J connectivity index is 0.00000264. The van der Waals surface area contributed by atoms with Crippen molar-refractivity contribution in [3.05, 3.63) is 29.8 Å². The van der Waals surface area contributed by atoms with Crippen LogP contribution in [0.15, 0.2) is 24.3 Å². The van der Waals surface area contributed by atoms with Crippen molar-refractivity contribution in [2.24, 2.45) is 11.7 Å². The molecule has 23 heavy (non-hydrogen) atoms. The zero-order valence-corrected chi connectivity index (χ0v) is 15.0. The van der Waals surface area contributed by atoms with E-state index in [0.717, 1.165) is 43.4 Å². The minimum absolute atomic E-state index is 0. The van der Waals surface area contributed by atoms with Crippen molar-refractivity contribution < 1.29 is 9.53 Å². The van der Waals surface area contributed by atoms with E-state index in [1.807, 2.05) is 38.1 Å². The molecule has 0 aliphatic heterocycles. The number of carbonyl (C=O) groups is 1. The van der Waals surface area contributed by atoms with E-state index in [1.165, 1.54) is 0 Å². The second-order valence-corrected chi connectivity index (χ2v) is 6.39. The van der Waals surface area contributed by atoms with Crippen molar-refractivity contribution in [1.29, 1.82) is 0 Å². The second kappa shape index (κ2) is 9.14. The average molecular weight is 341 g/mol. The minimum atomic E-state index is -0.369. The van der Waals surface area contributed by atoms with E-state index in [0.29, 0.717) is 13.2 Å². The summed E-state index contributed by atoms with van der Waals surface area (Å²) in [7, 11) is 0. The van der Waals surface area contributed by atoms with Gasteiger partial charge in [-0.25, -0.2) is 0 Å². The Morgan fingerprint density at radius 1 is 1.39 bits per heavy atom. The quantitative estimate of drug-likeness (QED) is 0.836.